The van der Waals surface area contributed by atoms with E-state index >= 15 is 0 Å². The number of carbonyl (C=O) groups is 4. The maximum absolute atomic E-state index is 11.5. The van der Waals surface area contributed by atoms with Gasteiger partial charge in [0.1, 0.15) is 24.1 Å². The van der Waals surface area contributed by atoms with Gasteiger partial charge in [-0.15, -0.1) is 11.8 Å². The van der Waals surface area contributed by atoms with Gasteiger partial charge in [0.15, 0.2) is 6.10 Å². The van der Waals surface area contributed by atoms with Crippen LogP contribution in [0.3, 0.4) is 0 Å². The fourth-order valence-electron chi connectivity index (χ4n) is 2.51. The molecule has 0 aromatic heterocycles. The first-order valence-electron chi connectivity index (χ1n) is 8.07. The Morgan fingerprint density at radius 3 is 2.04 bits per heavy atom. The topological polar surface area (TPSA) is 114 Å². The summed E-state index contributed by atoms with van der Waals surface area (Å²) in [6.45, 7) is 6.47. The van der Waals surface area contributed by atoms with Gasteiger partial charge in [-0.2, -0.15) is 0 Å². The minimum atomic E-state index is -1.03. The second-order valence-electron chi connectivity index (χ2n) is 5.52. The number of hydrogen-bond donors (Lipinski definition) is 0. The van der Waals surface area contributed by atoms with Gasteiger partial charge in [0.2, 0.25) is 6.29 Å². The highest BCUT2D eigenvalue weighted by molar-refractivity contribution is 8.00. The maximum Gasteiger partial charge on any atom is 0.304 e. The molecular weight excluding hydrogens is 368 g/mol. The molecule has 0 unspecified atom stereocenters. The van der Waals surface area contributed by atoms with Crippen LogP contribution < -0.4 is 0 Å². The lowest BCUT2D eigenvalue weighted by atomic mass is 10.1. The highest BCUT2D eigenvalue weighted by atomic mass is 32.2. The van der Waals surface area contributed by atoms with Crippen molar-refractivity contribution in [3.8, 4) is 0 Å². The first-order chi connectivity index (χ1) is 12.1. The maximum atomic E-state index is 11.5. The van der Waals surface area contributed by atoms with Crippen molar-refractivity contribution < 1.29 is 42.9 Å². The Bertz CT molecular complexity index is 536. The van der Waals surface area contributed by atoms with Gasteiger partial charge >= 0.3 is 23.9 Å². The van der Waals surface area contributed by atoms with E-state index in [0.29, 0.717) is 5.75 Å². The second kappa shape index (κ2) is 10.4. The molecule has 1 aliphatic heterocycles. The molecule has 0 saturated carbocycles. The Morgan fingerprint density at radius 2 is 1.58 bits per heavy atom. The summed E-state index contributed by atoms with van der Waals surface area (Å²) >= 11 is 1.38. The molecule has 9 nitrogen and oxygen atoms in total. The van der Waals surface area contributed by atoms with Gasteiger partial charge < -0.3 is 23.7 Å². The highest BCUT2D eigenvalue weighted by Gasteiger charge is 2.52. The Kier molecular flexibility index (Phi) is 8.86. The molecule has 0 radical (unpaired) electrons. The molecule has 5 atom stereocenters. The van der Waals surface area contributed by atoms with Crippen LogP contribution in [-0.2, 0) is 42.9 Å². The van der Waals surface area contributed by atoms with Gasteiger partial charge in [-0.05, 0) is 5.75 Å². The number of hydrogen-bond acceptors (Lipinski definition) is 10. The fourth-order valence-corrected chi connectivity index (χ4v) is 3.57. The molecule has 10 heteroatoms. The molecule has 148 valence electrons. The summed E-state index contributed by atoms with van der Waals surface area (Å²) < 4.78 is 26.4. The van der Waals surface area contributed by atoms with Crippen LogP contribution in [0.4, 0.5) is 0 Å². The predicted octanol–water partition coefficient (Wildman–Crippen LogP) is 0.823. The van der Waals surface area contributed by atoms with Crippen molar-refractivity contribution in [1.29, 1.82) is 0 Å². The minimum Gasteiger partial charge on any atom is -0.462 e. The standard InChI is InChI=1S/C16H24O9S/c1-6-26-15-14(23-10(4)19)13(25-16(15)24-11(5)20)12(22-9(3)18)7-21-8(2)17/h12-16H,6-7H2,1-5H3/t12-,13+,14+,15+,16+/m1/s1. The van der Waals surface area contributed by atoms with E-state index in [1.165, 1.54) is 39.5 Å². The number of thioether (sulfide) groups is 1. The third-order valence-electron chi connectivity index (χ3n) is 3.29. The molecule has 1 fully saturated rings. The van der Waals surface area contributed by atoms with Crippen LogP contribution in [0.2, 0.25) is 0 Å². The summed E-state index contributed by atoms with van der Waals surface area (Å²) in [5.41, 5.74) is 0. The zero-order chi connectivity index (χ0) is 19.9. The predicted molar refractivity (Wildman–Crippen MR) is 90.1 cm³/mol. The van der Waals surface area contributed by atoms with Crippen LogP contribution in [-0.4, -0.2) is 66.1 Å². The third-order valence-corrected chi connectivity index (χ3v) is 4.49. The zero-order valence-corrected chi connectivity index (χ0v) is 16.2. The van der Waals surface area contributed by atoms with Gasteiger partial charge in [-0.3, -0.25) is 19.2 Å². The van der Waals surface area contributed by atoms with Gasteiger partial charge in [0.05, 0.1) is 0 Å². The third kappa shape index (κ3) is 6.83. The van der Waals surface area contributed by atoms with Crippen molar-refractivity contribution in [2.45, 2.75) is 64.5 Å². The summed E-state index contributed by atoms with van der Waals surface area (Å²) in [4.78, 5) is 45.5. The van der Waals surface area contributed by atoms with Crippen LogP contribution in [0.15, 0.2) is 0 Å². The van der Waals surface area contributed by atoms with Crippen molar-refractivity contribution in [3.05, 3.63) is 0 Å². The van der Waals surface area contributed by atoms with Crippen molar-refractivity contribution in [2.75, 3.05) is 12.4 Å². The highest BCUT2D eigenvalue weighted by Crippen LogP contribution is 2.36. The van der Waals surface area contributed by atoms with Gasteiger partial charge in [-0.25, -0.2) is 0 Å². The van der Waals surface area contributed by atoms with Gasteiger partial charge in [0.25, 0.3) is 0 Å². The molecule has 0 N–H and O–H groups in total. The average molecular weight is 392 g/mol. The first-order valence-corrected chi connectivity index (χ1v) is 9.12. The molecule has 0 aromatic carbocycles. The van der Waals surface area contributed by atoms with Gasteiger partial charge in [0, 0.05) is 27.7 Å². The fraction of sp³-hybridized carbons (Fsp3) is 0.750. The Balaban J connectivity index is 3.12. The van der Waals surface area contributed by atoms with E-state index in [1.807, 2.05) is 6.92 Å². The summed E-state index contributed by atoms with van der Waals surface area (Å²) in [6, 6.07) is 0. The quantitative estimate of drug-likeness (QED) is 0.434. The molecule has 0 amide bonds. The van der Waals surface area contributed by atoms with Crippen LogP contribution in [0.1, 0.15) is 34.6 Å². The molecule has 0 bridgehead atoms. The first kappa shape index (κ1) is 22.2. The molecular formula is C16H24O9S. The average Bonchev–Trinajstić information content (AvgIpc) is 2.80. The molecule has 1 saturated heterocycles. The van der Waals surface area contributed by atoms with Gasteiger partial charge in [-0.1, -0.05) is 6.92 Å². The minimum absolute atomic E-state index is 0.284. The van der Waals surface area contributed by atoms with Crippen molar-refractivity contribution >= 4 is 35.6 Å². The molecule has 0 aliphatic carbocycles. The monoisotopic (exact) mass is 392 g/mol. The number of esters is 4. The lowest BCUT2D eigenvalue weighted by Crippen LogP contribution is -2.45. The Labute approximate surface area is 156 Å². The number of ether oxygens (including phenoxy) is 5. The van der Waals surface area contributed by atoms with E-state index in [-0.39, 0.29) is 6.61 Å². The lowest BCUT2D eigenvalue weighted by Gasteiger charge is -2.27. The van der Waals surface area contributed by atoms with E-state index < -0.39 is 53.7 Å². The van der Waals surface area contributed by atoms with E-state index in [2.05, 4.69) is 0 Å². The summed E-state index contributed by atoms with van der Waals surface area (Å²) in [5.74, 6) is -1.69. The summed E-state index contributed by atoms with van der Waals surface area (Å²) in [5, 5.41) is -0.520. The molecule has 0 spiro atoms. The lowest BCUT2D eigenvalue weighted by molar-refractivity contribution is -0.194. The van der Waals surface area contributed by atoms with Crippen LogP contribution in [0, 0.1) is 0 Å². The van der Waals surface area contributed by atoms with Crippen molar-refractivity contribution in [1.82, 2.24) is 0 Å². The van der Waals surface area contributed by atoms with Crippen LogP contribution >= 0.6 is 11.8 Å². The second-order valence-corrected chi connectivity index (χ2v) is 6.98. The Morgan fingerprint density at radius 1 is 0.962 bits per heavy atom. The largest absolute Gasteiger partial charge is 0.462 e. The normalized spacial score (nSPS) is 25.9. The summed E-state index contributed by atoms with van der Waals surface area (Å²) in [7, 11) is 0. The number of carbonyl (C=O) groups excluding carboxylic acids is 4. The number of rotatable bonds is 8. The molecule has 26 heavy (non-hydrogen) atoms. The SMILES string of the molecule is CCS[C@@H]1[C@@H](OC(C)=O)O[C@@H]([C@@H](COC(C)=O)OC(C)=O)[C@@H]1OC(C)=O. The molecule has 0 aromatic rings. The van der Waals surface area contributed by atoms with Crippen LogP contribution in [0.25, 0.3) is 0 Å². The van der Waals surface area contributed by atoms with Crippen molar-refractivity contribution in [3.63, 3.8) is 0 Å². The molecule has 1 aliphatic rings. The molecule has 1 heterocycles. The van der Waals surface area contributed by atoms with E-state index in [1.54, 1.807) is 0 Å². The van der Waals surface area contributed by atoms with Crippen LogP contribution in [0.5, 0.6) is 0 Å². The molecule has 1 rings (SSSR count). The van der Waals surface area contributed by atoms with E-state index in [9.17, 15) is 19.2 Å². The summed E-state index contributed by atoms with van der Waals surface area (Å²) in [6.07, 6.45) is -3.85. The zero-order valence-electron chi connectivity index (χ0n) is 15.4. The Hall–Kier alpha value is -1.81. The van der Waals surface area contributed by atoms with Crippen molar-refractivity contribution in [2.24, 2.45) is 0 Å². The van der Waals surface area contributed by atoms with E-state index in [0.717, 1.165) is 0 Å². The smallest absolute Gasteiger partial charge is 0.304 e. The van der Waals surface area contributed by atoms with E-state index in [4.69, 9.17) is 23.7 Å².